The number of carbonyl (C=O) groups excluding carboxylic acids is 1. The van der Waals surface area contributed by atoms with Crippen molar-refractivity contribution >= 4 is 17.7 Å². The average molecular weight is 402 g/mol. The van der Waals surface area contributed by atoms with Crippen LogP contribution in [-0.4, -0.2) is 40.6 Å². The highest BCUT2D eigenvalue weighted by molar-refractivity contribution is 6.22. The zero-order chi connectivity index (χ0) is 20.6. The van der Waals surface area contributed by atoms with Crippen LogP contribution in [0.25, 0.3) is 23.3 Å². The summed E-state index contributed by atoms with van der Waals surface area (Å²) < 4.78 is 40.6. The van der Waals surface area contributed by atoms with E-state index in [1.807, 2.05) is 0 Å². The fourth-order valence-corrected chi connectivity index (χ4v) is 2.60. The van der Waals surface area contributed by atoms with Gasteiger partial charge in [0.1, 0.15) is 18.3 Å². The van der Waals surface area contributed by atoms with E-state index in [-0.39, 0.29) is 23.0 Å². The molecule has 3 aromatic rings. The largest absolute Gasteiger partial charge is 0.451 e. The van der Waals surface area contributed by atoms with E-state index in [9.17, 15) is 18.0 Å². The Morgan fingerprint density at radius 1 is 1.21 bits per heavy atom. The van der Waals surface area contributed by atoms with Gasteiger partial charge in [0.05, 0.1) is 5.57 Å². The van der Waals surface area contributed by atoms with E-state index >= 15 is 0 Å². The van der Waals surface area contributed by atoms with E-state index in [1.165, 1.54) is 37.3 Å². The summed E-state index contributed by atoms with van der Waals surface area (Å²) in [7, 11) is 0. The van der Waals surface area contributed by atoms with Crippen LogP contribution in [0.3, 0.4) is 0 Å². The van der Waals surface area contributed by atoms with Gasteiger partial charge in [-0.05, 0) is 18.9 Å². The molecule has 0 spiro atoms. The molecule has 0 radical (unpaired) electrons. The molecular formula is C17H13F3N8O. The SMILES string of the molecule is NC(=O)/C(=C/n1cnc(-c2cc(C3CC3)nc(C(F)(F)F)n2)n1)c1cncnc1. The molecule has 1 fully saturated rings. The van der Waals surface area contributed by atoms with Gasteiger partial charge in [-0.25, -0.2) is 29.6 Å². The number of nitrogens with two attached hydrogens (primary N) is 1. The smallest absolute Gasteiger partial charge is 0.366 e. The molecule has 0 aliphatic heterocycles. The summed E-state index contributed by atoms with van der Waals surface area (Å²) in [6, 6.07) is 1.45. The number of hydrogen-bond donors (Lipinski definition) is 1. The summed E-state index contributed by atoms with van der Waals surface area (Å²) in [5.74, 6) is -2.04. The van der Waals surface area contributed by atoms with Crippen molar-refractivity contribution in [2.75, 3.05) is 0 Å². The topological polar surface area (TPSA) is 125 Å². The fraction of sp³-hybridized carbons (Fsp3) is 0.235. The minimum absolute atomic E-state index is 0.0145. The Hall–Kier alpha value is -3.70. The summed E-state index contributed by atoms with van der Waals surface area (Å²) in [5, 5.41) is 4.10. The Kier molecular flexibility index (Phi) is 4.53. The van der Waals surface area contributed by atoms with Gasteiger partial charge in [0, 0.05) is 35.8 Å². The molecule has 12 heteroatoms. The normalized spacial score (nSPS) is 14.8. The number of halogens is 3. The molecule has 0 bridgehead atoms. The molecule has 1 aliphatic rings. The monoisotopic (exact) mass is 402 g/mol. The predicted molar refractivity (Wildman–Crippen MR) is 93.4 cm³/mol. The maximum Gasteiger partial charge on any atom is 0.451 e. The number of amides is 1. The molecule has 2 N–H and O–H groups in total. The zero-order valence-electron chi connectivity index (χ0n) is 14.7. The Labute approximate surface area is 161 Å². The maximum absolute atomic E-state index is 13.2. The molecule has 4 rings (SSSR count). The Balaban J connectivity index is 1.72. The lowest BCUT2D eigenvalue weighted by atomic mass is 10.1. The molecule has 3 heterocycles. The van der Waals surface area contributed by atoms with Gasteiger partial charge in [0.15, 0.2) is 5.82 Å². The maximum atomic E-state index is 13.2. The van der Waals surface area contributed by atoms with E-state index < -0.39 is 17.9 Å². The van der Waals surface area contributed by atoms with Crippen molar-refractivity contribution in [1.29, 1.82) is 0 Å². The second kappa shape index (κ2) is 7.04. The first kappa shape index (κ1) is 18.7. The summed E-state index contributed by atoms with van der Waals surface area (Å²) in [6.07, 6.45) is 3.46. The van der Waals surface area contributed by atoms with Gasteiger partial charge in [-0.3, -0.25) is 4.79 Å². The summed E-state index contributed by atoms with van der Waals surface area (Å²) >= 11 is 0. The quantitative estimate of drug-likeness (QED) is 0.646. The van der Waals surface area contributed by atoms with Crippen molar-refractivity contribution in [1.82, 2.24) is 34.7 Å². The summed E-state index contributed by atoms with van der Waals surface area (Å²) in [6.45, 7) is 0. The number of hydrogen-bond acceptors (Lipinski definition) is 7. The molecule has 1 saturated carbocycles. The van der Waals surface area contributed by atoms with Crippen LogP contribution in [0.5, 0.6) is 0 Å². The number of aromatic nitrogens is 7. The molecule has 1 amide bonds. The summed E-state index contributed by atoms with van der Waals surface area (Å²) in [4.78, 5) is 30.6. The lowest BCUT2D eigenvalue weighted by Gasteiger charge is -2.08. The van der Waals surface area contributed by atoms with Crippen molar-refractivity contribution in [2.24, 2.45) is 5.73 Å². The van der Waals surface area contributed by atoms with Crippen molar-refractivity contribution in [3.05, 3.63) is 48.2 Å². The number of nitrogens with zero attached hydrogens (tertiary/aromatic N) is 7. The Morgan fingerprint density at radius 2 is 1.93 bits per heavy atom. The average Bonchev–Trinajstić information content (AvgIpc) is 3.44. The van der Waals surface area contributed by atoms with Crippen LogP contribution in [0.4, 0.5) is 13.2 Å². The van der Waals surface area contributed by atoms with Gasteiger partial charge in [0.2, 0.25) is 5.82 Å². The molecule has 0 unspecified atom stereocenters. The second-order valence-corrected chi connectivity index (χ2v) is 6.36. The zero-order valence-corrected chi connectivity index (χ0v) is 14.7. The van der Waals surface area contributed by atoms with Crippen molar-refractivity contribution in [2.45, 2.75) is 24.9 Å². The predicted octanol–water partition coefficient (Wildman–Crippen LogP) is 1.90. The van der Waals surface area contributed by atoms with Crippen LogP contribution in [0, 0.1) is 0 Å². The van der Waals surface area contributed by atoms with Gasteiger partial charge < -0.3 is 5.73 Å². The highest BCUT2D eigenvalue weighted by atomic mass is 19.4. The van der Waals surface area contributed by atoms with E-state index in [0.717, 1.165) is 17.5 Å². The molecule has 29 heavy (non-hydrogen) atoms. The Morgan fingerprint density at radius 3 is 2.55 bits per heavy atom. The van der Waals surface area contributed by atoms with Crippen LogP contribution >= 0.6 is 0 Å². The summed E-state index contributed by atoms with van der Waals surface area (Å²) in [5.41, 5.74) is 6.07. The lowest BCUT2D eigenvalue weighted by Crippen LogP contribution is -2.14. The standard InChI is InChI=1S/C17H13F3N8O/c18-17(19,20)16-25-12(9-1-2-9)3-13(26-16)15-24-8-28(27-15)6-11(14(21)29)10-4-22-7-23-5-10/h3-9H,1-2H2,(H2,21,29)/b11-6+. The van der Waals surface area contributed by atoms with Crippen LogP contribution in [-0.2, 0) is 11.0 Å². The molecule has 0 atom stereocenters. The van der Waals surface area contributed by atoms with E-state index in [1.54, 1.807) is 0 Å². The van der Waals surface area contributed by atoms with Gasteiger partial charge >= 0.3 is 6.18 Å². The first-order chi connectivity index (χ1) is 13.8. The van der Waals surface area contributed by atoms with Crippen LogP contribution in [0.1, 0.15) is 35.8 Å². The molecule has 0 saturated heterocycles. The molecule has 0 aromatic carbocycles. The molecule has 9 nitrogen and oxygen atoms in total. The number of carbonyl (C=O) groups is 1. The second-order valence-electron chi connectivity index (χ2n) is 6.36. The molecule has 1 aliphatic carbocycles. The van der Waals surface area contributed by atoms with Gasteiger partial charge in [-0.15, -0.1) is 5.10 Å². The van der Waals surface area contributed by atoms with Crippen molar-refractivity contribution < 1.29 is 18.0 Å². The van der Waals surface area contributed by atoms with Crippen molar-refractivity contribution in [3.63, 3.8) is 0 Å². The van der Waals surface area contributed by atoms with Gasteiger partial charge in [-0.1, -0.05) is 0 Å². The van der Waals surface area contributed by atoms with E-state index in [0.29, 0.717) is 11.3 Å². The van der Waals surface area contributed by atoms with Gasteiger partial charge in [-0.2, -0.15) is 13.2 Å². The van der Waals surface area contributed by atoms with E-state index in [2.05, 4.69) is 30.0 Å². The van der Waals surface area contributed by atoms with Crippen LogP contribution in [0.15, 0.2) is 31.1 Å². The highest BCUT2D eigenvalue weighted by Crippen LogP contribution is 2.40. The van der Waals surface area contributed by atoms with Gasteiger partial charge in [0.25, 0.3) is 5.91 Å². The molecular weight excluding hydrogens is 389 g/mol. The molecule has 148 valence electrons. The fourth-order valence-electron chi connectivity index (χ4n) is 2.60. The third kappa shape index (κ3) is 4.10. The highest BCUT2D eigenvalue weighted by Gasteiger charge is 2.37. The molecule has 3 aromatic heterocycles. The number of rotatable bonds is 5. The van der Waals surface area contributed by atoms with Crippen LogP contribution in [0.2, 0.25) is 0 Å². The third-order valence-electron chi connectivity index (χ3n) is 4.13. The van der Waals surface area contributed by atoms with Crippen molar-refractivity contribution in [3.8, 4) is 11.5 Å². The minimum Gasteiger partial charge on any atom is -0.366 e. The van der Waals surface area contributed by atoms with Crippen LogP contribution < -0.4 is 5.73 Å². The first-order valence-electron chi connectivity index (χ1n) is 8.46. The third-order valence-corrected chi connectivity index (χ3v) is 4.13. The number of primary amides is 1. The van der Waals surface area contributed by atoms with E-state index in [4.69, 9.17) is 5.73 Å². The minimum atomic E-state index is -4.69. The Bertz CT molecular complexity index is 1090. The first-order valence-corrected chi connectivity index (χ1v) is 8.46. The number of alkyl halides is 3. The lowest BCUT2D eigenvalue weighted by molar-refractivity contribution is -0.145.